The molecule has 0 saturated carbocycles. The minimum Gasteiger partial charge on any atom is -0.492 e. The van der Waals surface area contributed by atoms with Crippen molar-refractivity contribution in [1.82, 2.24) is 25.5 Å². The molecule has 2 heterocycles. The van der Waals surface area contributed by atoms with Crippen molar-refractivity contribution in [2.24, 2.45) is 0 Å². The minimum absolute atomic E-state index is 0.392. The summed E-state index contributed by atoms with van der Waals surface area (Å²) in [6.45, 7) is 4.84. The molecule has 2 aromatic carbocycles. The van der Waals surface area contributed by atoms with Crippen molar-refractivity contribution in [1.29, 1.82) is 0 Å². The Morgan fingerprint density at radius 1 is 1.04 bits per heavy atom. The summed E-state index contributed by atoms with van der Waals surface area (Å²) >= 11 is 0. The van der Waals surface area contributed by atoms with E-state index in [1.807, 2.05) is 54.6 Å². The molecule has 1 fully saturated rings. The third-order valence-corrected chi connectivity index (χ3v) is 5.19. The van der Waals surface area contributed by atoms with Gasteiger partial charge in [-0.05, 0) is 62.7 Å². The maximum Gasteiger partial charge on any atom is 0.177 e. The summed E-state index contributed by atoms with van der Waals surface area (Å²) in [6, 6.07) is 18.0. The van der Waals surface area contributed by atoms with E-state index >= 15 is 0 Å². The average Bonchev–Trinajstić information content (AvgIpc) is 3.26. The molecule has 7 nitrogen and oxygen atoms in total. The van der Waals surface area contributed by atoms with E-state index in [2.05, 4.69) is 32.4 Å². The van der Waals surface area contributed by atoms with E-state index in [4.69, 9.17) is 9.47 Å². The van der Waals surface area contributed by atoms with Crippen molar-refractivity contribution < 1.29 is 9.47 Å². The van der Waals surface area contributed by atoms with E-state index in [0.717, 1.165) is 49.0 Å². The van der Waals surface area contributed by atoms with Crippen LogP contribution >= 0.6 is 0 Å². The number of aromatic nitrogens is 4. The van der Waals surface area contributed by atoms with Crippen molar-refractivity contribution >= 4 is 0 Å². The first kappa shape index (κ1) is 18.4. The molecule has 4 rings (SSSR count). The van der Waals surface area contributed by atoms with E-state index in [0.29, 0.717) is 18.6 Å². The van der Waals surface area contributed by atoms with Crippen LogP contribution in [0.4, 0.5) is 0 Å². The smallest absolute Gasteiger partial charge is 0.177 e. The Bertz CT molecular complexity index is 839. The number of para-hydroxylation sites is 1. The molecular weight excluding hydrogens is 354 g/mol. The van der Waals surface area contributed by atoms with Crippen molar-refractivity contribution in [3.05, 3.63) is 60.4 Å². The van der Waals surface area contributed by atoms with E-state index in [9.17, 15) is 0 Å². The van der Waals surface area contributed by atoms with Crippen molar-refractivity contribution in [3.63, 3.8) is 0 Å². The second-order valence-electron chi connectivity index (χ2n) is 7.11. The highest BCUT2D eigenvalue weighted by Gasteiger charge is 2.28. The number of nitrogens with one attached hydrogen (secondary N) is 1. The van der Waals surface area contributed by atoms with Crippen molar-refractivity contribution in [2.45, 2.75) is 31.7 Å². The molecule has 1 aliphatic heterocycles. The Morgan fingerprint density at radius 2 is 1.79 bits per heavy atom. The molecule has 0 aliphatic carbocycles. The number of rotatable bonds is 7. The summed E-state index contributed by atoms with van der Waals surface area (Å²) in [5.74, 6) is 3.71. The topological polar surface area (TPSA) is 76.2 Å². The molecule has 0 bridgehead atoms. The van der Waals surface area contributed by atoms with Crippen LogP contribution in [0.1, 0.15) is 31.5 Å². The van der Waals surface area contributed by atoms with Gasteiger partial charge in [-0.3, -0.25) is 4.90 Å². The zero-order valence-electron chi connectivity index (χ0n) is 16.0. The fraction of sp³-hybridized carbons (Fsp3) is 0.381. The number of benzene rings is 2. The van der Waals surface area contributed by atoms with E-state index < -0.39 is 0 Å². The van der Waals surface area contributed by atoms with Crippen molar-refractivity contribution in [3.8, 4) is 17.2 Å². The summed E-state index contributed by atoms with van der Waals surface area (Å²) in [5, 5.41) is 14.5. The molecule has 1 aliphatic rings. The van der Waals surface area contributed by atoms with Crippen LogP contribution in [0.2, 0.25) is 0 Å². The number of H-pyrrole nitrogens is 1. The van der Waals surface area contributed by atoms with E-state index in [1.54, 1.807) is 0 Å². The van der Waals surface area contributed by atoms with Gasteiger partial charge in [0.25, 0.3) is 0 Å². The Balaban J connectivity index is 1.22. The van der Waals surface area contributed by atoms with Gasteiger partial charge in [0.1, 0.15) is 23.9 Å². The lowest BCUT2D eigenvalue weighted by Gasteiger charge is -2.36. The Kier molecular flexibility index (Phi) is 5.82. The van der Waals surface area contributed by atoms with Crippen LogP contribution in [-0.4, -0.2) is 51.3 Å². The minimum atomic E-state index is 0.392. The third-order valence-electron chi connectivity index (χ3n) is 5.19. The normalized spacial score (nSPS) is 20.0. The summed E-state index contributed by atoms with van der Waals surface area (Å²) in [6.07, 6.45) is 2.10. The van der Waals surface area contributed by atoms with Gasteiger partial charge in [-0.1, -0.05) is 23.4 Å². The van der Waals surface area contributed by atoms with Crippen LogP contribution in [-0.2, 0) is 0 Å². The van der Waals surface area contributed by atoms with Gasteiger partial charge >= 0.3 is 0 Å². The maximum atomic E-state index is 5.92. The summed E-state index contributed by atoms with van der Waals surface area (Å²) in [7, 11) is 0. The van der Waals surface area contributed by atoms with Crippen LogP contribution in [0.25, 0.3) is 0 Å². The summed E-state index contributed by atoms with van der Waals surface area (Å²) in [4.78, 5) is 2.46. The lowest BCUT2D eigenvalue weighted by molar-refractivity contribution is 0.121. The molecule has 0 spiro atoms. The quantitative estimate of drug-likeness (QED) is 0.675. The number of tetrazole rings is 1. The Morgan fingerprint density at radius 3 is 2.50 bits per heavy atom. The second kappa shape index (κ2) is 8.84. The molecule has 7 heteroatoms. The molecule has 1 N–H and O–H groups in total. The van der Waals surface area contributed by atoms with Crippen molar-refractivity contribution in [2.75, 3.05) is 19.7 Å². The first-order valence-electron chi connectivity index (χ1n) is 9.71. The summed E-state index contributed by atoms with van der Waals surface area (Å²) in [5.41, 5.74) is 0. The first-order valence-corrected chi connectivity index (χ1v) is 9.71. The predicted octanol–water partition coefficient (Wildman–Crippen LogP) is 3.64. The Hall–Kier alpha value is -2.93. The van der Waals surface area contributed by atoms with Gasteiger partial charge in [-0.15, -0.1) is 10.2 Å². The molecule has 2 atom stereocenters. The average molecular weight is 379 g/mol. The number of piperidine rings is 1. The third kappa shape index (κ3) is 4.67. The fourth-order valence-electron chi connectivity index (χ4n) is 3.64. The molecule has 0 amide bonds. The summed E-state index contributed by atoms with van der Waals surface area (Å²) < 4.78 is 11.7. The van der Waals surface area contributed by atoms with Gasteiger partial charge < -0.3 is 9.47 Å². The van der Waals surface area contributed by atoms with Gasteiger partial charge in [0.2, 0.25) is 0 Å². The first-order chi connectivity index (χ1) is 13.8. The molecule has 1 saturated heterocycles. The number of hydrogen-bond donors (Lipinski definition) is 1. The zero-order valence-corrected chi connectivity index (χ0v) is 16.0. The fourth-order valence-corrected chi connectivity index (χ4v) is 3.64. The SMILES string of the molecule is CC1CC(c2nn[nH]n2)CCN1CCOc1ccc(Oc2ccccc2)cc1. The van der Waals surface area contributed by atoms with Crippen LogP contribution in [0.15, 0.2) is 54.6 Å². The number of ether oxygens (including phenoxy) is 2. The van der Waals surface area contributed by atoms with Gasteiger partial charge in [-0.25, -0.2) is 0 Å². The number of aromatic amines is 1. The molecule has 28 heavy (non-hydrogen) atoms. The van der Waals surface area contributed by atoms with Gasteiger partial charge in [-0.2, -0.15) is 5.21 Å². The second-order valence-corrected chi connectivity index (χ2v) is 7.11. The zero-order chi connectivity index (χ0) is 19.2. The van der Waals surface area contributed by atoms with Crippen LogP contribution in [0.3, 0.4) is 0 Å². The number of likely N-dealkylation sites (tertiary alicyclic amines) is 1. The number of hydrogen-bond acceptors (Lipinski definition) is 6. The standard InChI is InChI=1S/C21H25N5O2/c1-16-15-17(21-22-24-25-23-21)11-12-26(16)13-14-27-18-7-9-20(10-8-18)28-19-5-3-2-4-6-19/h2-10,16-17H,11-15H2,1H3,(H,22,23,24,25). The lowest BCUT2D eigenvalue weighted by Crippen LogP contribution is -2.42. The van der Waals surface area contributed by atoms with Gasteiger partial charge in [0.15, 0.2) is 5.82 Å². The monoisotopic (exact) mass is 379 g/mol. The highest BCUT2D eigenvalue weighted by Crippen LogP contribution is 2.29. The molecule has 146 valence electrons. The van der Waals surface area contributed by atoms with Gasteiger partial charge in [0, 0.05) is 18.5 Å². The van der Waals surface area contributed by atoms with E-state index in [1.165, 1.54) is 0 Å². The molecule has 1 aromatic heterocycles. The lowest BCUT2D eigenvalue weighted by atomic mass is 9.91. The molecular formula is C21H25N5O2. The largest absolute Gasteiger partial charge is 0.492 e. The highest BCUT2D eigenvalue weighted by atomic mass is 16.5. The van der Waals surface area contributed by atoms with Gasteiger partial charge in [0.05, 0.1) is 0 Å². The van der Waals surface area contributed by atoms with Crippen LogP contribution < -0.4 is 9.47 Å². The molecule has 2 unspecified atom stereocenters. The van der Waals surface area contributed by atoms with E-state index in [-0.39, 0.29) is 0 Å². The predicted molar refractivity (Wildman–Crippen MR) is 106 cm³/mol. The number of nitrogens with zero attached hydrogens (tertiary/aromatic N) is 4. The highest BCUT2D eigenvalue weighted by molar-refractivity contribution is 5.35. The van der Waals surface area contributed by atoms with Crippen LogP contribution in [0.5, 0.6) is 17.2 Å². The molecule has 0 radical (unpaired) electrons. The Labute approximate surface area is 164 Å². The van der Waals surface area contributed by atoms with Crippen LogP contribution in [0, 0.1) is 0 Å². The molecule has 3 aromatic rings. The maximum absolute atomic E-state index is 5.92.